The first-order chi connectivity index (χ1) is 10.8. The van der Waals surface area contributed by atoms with Crippen molar-refractivity contribution in [2.45, 2.75) is 0 Å². The summed E-state index contributed by atoms with van der Waals surface area (Å²) in [5.74, 6) is 0. The Balaban J connectivity index is 1.81. The minimum atomic E-state index is 0.566. The predicted octanol–water partition coefficient (Wildman–Crippen LogP) is 3.29. The molecule has 0 aliphatic carbocycles. The van der Waals surface area contributed by atoms with Crippen molar-refractivity contribution in [3.8, 4) is 0 Å². The largest absolute Gasteiger partial charge is 0.496 e. The first-order valence-electron chi connectivity index (χ1n) is 7.35. The molecule has 0 atom stereocenters. The number of nitrogens with zero attached hydrogens (tertiary/aromatic N) is 2. The molecule has 4 rings (SSSR count). The Morgan fingerprint density at radius 1 is 1.27 bits per heavy atom. The van der Waals surface area contributed by atoms with Crippen LogP contribution in [0.3, 0.4) is 0 Å². The van der Waals surface area contributed by atoms with Crippen molar-refractivity contribution in [1.82, 2.24) is 10.3 Å². The Kier molecular flexibility index (Phi) is 3.78. The molecule has 3 heterocycles. The van der Waals surface area contributed by atoms with E-state index >= 15 is 0 Å². The number of allylic oxidation sites excluding steroid dienone is 2. The summed E-state index contributed by atoms with van der Waals surface area (Å²) in [5, 5.41) is 5.09. The molecule has 1 saturated heterocycles. The van der Waals surface area contributed by atoms with E-state index in [1.54, 1.807) is 17.6 Å². The Bertz CT molecular complexity index is 762. The van der Waals surface area contributed by atoms with E-state index in [2.05, 4.69) is 22.4 Å². The van der Waals surface area contributed by atoms with Crippen LogP contribution in [0.1, 0.15) is 5.01 Å². The summed E-state index contributed by atoms with van der Waals surface area (Å²) in [6.45, 7) is 4.62. The fraction of sp³-hybridized carbons (Fsp3) is 0.312. The fourth-order valence-electron chi connectivity index (χ4n) is 2.78. The van der Waals surface area contributed by atoms with Crippen LogP contribution >= 0.6 is 22.9 Å². The zero-order chi connectivity index (χ0) is 14.9. The molecular weight excluding hydrogens is 318 g/mol. The van der Waals surface area contributed by atoms with Crippen LogP contribution in [0.5, 0.6) is 0 Å². The Morgan fingerprint density at radius 2 is 2.14 bits per heavy atom. The molecule has 0 amide bonds. The monoisotopic (exact) mass is 333 g/mol. The van der Waals surface area contributed by atoms with Crippen molar-refractivity contribution in [3.05, 3.63) is 40.6 Å². The van der Waals surface area contributed by atoms with E-state index in [1.165, 1.54) is 10.4 Å². The van der Waals surface area contributed by atoms with Crippen LogP contribution < -0.4 is 10.2 Å². The zero-order valence-electron chi connectivity index (χ0n) is 12.0. The van der Waals surface area contributed by atoms with Crippen LogP contribution in [0.4, 0.5) is 5.69 Å². The summed E-state index contributed by atoms with van der Waals surface area (Å²) >= 11 is 8.07. The Hall–Kier alpha value is -1.56. The average molecular weight is 334 g/mol. The number of hydrogen-bond acceptors (Lipinski definition) is 5. The van der Waals surface area contributed by atoms with E-state index in [9.17, 15) is 0 Å². The fourth-order valence-corrected chi connectivity index (χ4v) is 4.18. The summed E-state index contributed by atoms with van der Waals surface area (Å²) in [7, 11) is 0. The lowest BCUT2D eigenvalue weighted by molar-refractivity contribution is 0.293. The highest BCUT2D eigenvalue weighted by Gasteiger charge is 2.19. The molecule has 2 aliphatic heterocycles. The lowest BCUT2D eigenvalue weighted by atomic mass is 10.2. The molecule has 6 heteroatoms. The van der Waals surface area contributed by atoms with Gasteiger partial charge in [0.25, 0.3) is 0 Å². The molecule has 1 fully saturated rings. The standard InChI is InChI=1S/C16H16ClN3OS/c17-12-3-4-13(20-7-5-18-6-8-20)15-14(12)19-16(22-15)11-2-1-9-21-10-11/h1-4,9,18H,5-8,10H2. The first kappa shape index (κ1) is 14.1. The van der Waals surface area contributed by atoms with Crippen molar-refractivity contribution < 1.29 is 4.74 Å². The van der Waals surface area contributed by atoms with Gasteiger partial charge in [0.1, 0.15) is 17.1 Å². The Labute approximate surface area is 138 Å². The summed E-state index contributed by atoms with van der Waals surface area (Å²) in [4.78, 5) is 7.16. The molecule has 2 aromatic rings. The van der Waals surface area contributed by atoms with Gasteiger partial charge in [-0.05, 0) is 24.3 Å². The van der Waals surface area contributed by atoms with Crippen molar-refractivity contribution in [2.75, 3.05) is 37.7 Å². The normalized spacial score (nSPS) is 18.4. The number of rotatable bonds is 2. The number of hydrogen-bond donors (Lipinski definition) is 1. The molecule has 1 aromatic carbocycles. The van der Waals surface area contributed by atoms with Gasteiger partial charge in [-0.15, -0.1) is 11.3 Å². The van der Waals surface area contributed by atoms with Gasteiger partial charge < -0.3 is 15.0 Å². The molecule has 2 aliphatic rings. The smallest absolute Gasteiger partial charge is 0.124 e. The van der Waals surface area contributed by atoms with Crippen molar-refractivity contribution in [3.63, 3.8) is 0 Å². The highest BCUT2D eigenvalue weighted by Crippen LogP contribution is 2.38. The highest BCUT2D eigenvalue weighted by atomic mass is 35.5. The number of anilines is 1. The number of benzene rings is 1. The second-order valence-corrected chi connectivity index (χ2v) is 6.74. The van der Waals surface area contributed by atoms with Crippen molar-refractivity contribution in [1.29, 1.82) is 0 Å². The predicted molar refractivity (Wildman–Crippen MR) is 92.8 cm³/mol. The van der Waals surface area contributed by atoms with Gasteiger partial charge in [0.05, 0.1) is 21.7 Å². The topological polar surface area (TPSA) is 37.4 Å². The average Bonchev–Trinajstić information content (AvgIpc) is 3.03. The molecule has 22 heavy (non-hydrogen) atoms. The molecule has 0 saturated carbocycles. The molecule has 114 valence electrons. The van der Waals surface area contributed by atoms with E-state index in [0.717, 1.165) is 42.3 Å². The van der Waals surface area contributed by atoms with Gasteiger partial charge in [-0.25, -0.2) is 4.98 Å². The molecule has 4 nitrogen and oxygen atoms in total. The third-order valence-corrected chi connectivity index (χ3v) is 5.38. The van der Waals surface area contributed by atoms with Gasteiger partial charge in [-0.3, -0.25) is 0 Å². The number of piperazine rings is 1. The van der Waals surface area contributed by atoms with E-state index in [-0.39, 0.29) is 0 Å². The van der Waals surface area contributed by atoms with Crippen LogP contribution in [0.25, 0.3) is 15.8 Å². The highest BCUT2D eigenvalue weighted by molar-refractivity contribution is 7.20. The van der Waals surface area contributed by atoms with Gasteiger partial charge in [0.2, 0.25) is 0 Å². The third-order valence-electron chi connectivity index (χ3n) is 3.92. The number of aromatic nitrogens is 1. The van der Waals surface area contributed by atoms with Gasteiger partial charge in [0.15, 0.2) is 0 Å². The third kappa shape index (κ3) is 2.49. The number of halogens is 1. The summed E-state index contributed by atoms with van der Waals surface area (Å²) in [6, 6.07) is 4.07. The maximum atomic E-state index is 6.37. The SMILES string of the molecule is Clc1ccc(N2CCNCC2)c2sc(C3=CC=COC3)nc12. The van der Waals surface area contributed by atoms with E-state index < -0.39 is 0 Å². The van der Waals surface area contributed by atoms with Crippen LogP contribution in [-0.2, 0) is 4.74 Å². The zero-order valence-corrected chi connectivity index (χ0v) is 13.6. The van der Waals surface area contributed by atoms with Gasteiger partial charge in [0, 0.05) is 31.8 Å². The van der Waals surface area contributed by atoms with Crippen LogP contribution in [0.2, 0.25) is 5.02 Å². The number of fused-ring (bicyclic) bond motifs is 1. The molecule has 0 radical (unpaired) electrons. The minimum absolute atomic E-state index is 0.566. The quantitative estimate of drug-likeness (QED) is 0.915. The van der Waals surface area contributed by atoms with Crippen molar-refractivity contribution in [2.24, 2.45) is 0 Å². The van der Waals surface area contributed by atoms with Crippen LogP contribution in [0, 0.1) is 0 Å². The summed E-state index contributed by atoms with van der Waals surface area (Å²) in [6.07, 6.45) is 5.67. The minimum Gasteiger partial charge on any atom is -0.496 e. The maximum absolute atomic E-state index is 6.37. The van der Waals surface area contributed by atoms with Gasteiger partial charge in [-0.2, -0.15) is 0 Å². The van der Waals surface area contributed by atoms with Gasteiger partial charge in [-0.1, -0.05) is 11.6 Å². The Morgan fingerprint density at radius 3 is 2.91 bits per heavy atom. The number of ether oxygens (including phenoxy) is 1. The molecule has 1 N–H and O–H groups in total. The van der Waals surface area contributed by atoms with Crippen LogP contribution in [0.15, 0.2) is 30.5 Å². The maximum Gasteiger partial charge on any atom is 0.124 e. The van der Waals surface area contributed by atoms with E-state index in [1.807, 2.05) is 12.1 Å². The lowest BCUT2D eigenvalue weighted by Crippen LogP contribution is -2.43. The molecule has 0 bridgehead atoms. The second-order valence-electron chi connectivity index (χ2n) is 5.33. The van der Waals surface area contributed by atoms with E-state index in [4.69, 9.17) is 21.3 Å². The first-order valence-corrected chi connectivity index (χ1v) is 8.55. The van der Waals surface area contributed by atoms with Crippen molar-refractivity contribution >= 4 is 44.4 Å². The van der Waals surface area contributed by atoms with Gasteiger partial charge >= 0.3 is 0 Å². The van der Waals surface area contributed by atoms with E-state index in [0.29, 0.717) is 11.6 Å². The second kappa shape index (κ2) is 5.91. The molecule has 0 spiro atoms. The lowest BCUT2D eigenvalue weighted by Gasteiger charge is -2.29. The molecule has 0 unspecified atom stereocenters. The summed E-state index contributed by atoms with van der Waals surface area (Å²) < 4.78 is 6.54. The van der Waals surface area contributed by atoms with Crippen LogP contribution in [-0.4, -0.2) is 37.8 Å². The molecular formula is C16H16ClN3OS. The number of nitrogens with one attached hydrogen (secondary N) is 1. The number of thiazole rings is 1. The molecule has 1 aromatic heterocycles. The summed E-state index contributed by atoms with van der Waals surface area (Å²) in [5.41, 5.74) is 3.23.